The van der Waals surface area contributed by atoms with Crippen LogP contribution in [0.1, 0.15) is 46.1 Å². The predicted octanol–water partition coefficient (Wildman–Crippen LogP) is 4.29. The standard InChI is InChI=1S/C14H18N2O2.2C2H6/c1-15-8-6-12(7-9-15)16-13-5-3-2-4-11(13)10-18-14(16)17;2*1-2/h2-5,12H,6-10H2,1H3;2*1-2H3. The van der Waals surface area contributed by atoms with E-state index in [0.717, 1.165) is 37.2 Å². The van der Waals surface area contributed by atoms with Gasteiger partial charge < -0.3 is 9.64 Å². The molecule has 0 radical (unpaired) electrons. The second-order valence-corrected chi connectivity index (χ2v) is 5.09. The van der Waals surface area contributed by atoms with Crippen LogP contribution in [0.25, 0.3) is 0 Å². The van der Waals surface area contributed by atoms with E-state index in [1.54, 1.807) is 0 Å². The molecule has 2 heterocycles. The fourth-order valence-corrected chi connectivity index (χ4v) is 2.77. The Bertz CT molecular complexity index is 454. The summed E-state index contributed by atoms with van der Waals surface area (Å²) in [5.74, 6) is 0. The van der Waals surface area contributed by atoms with Crippen LogP contribution in [0.15, 0.2) is 24.3 Å². The molecule has 0 saturated carbocycles. The van der Waals surface area contributed by atoms with Gasteiger partial charge >= 0.3 is 6.09 Å². The number of fused-ring (bicyclic) bond motifs is 1. The molecule has 0 bridgehead atoms. The van der Waals surface area contributed by atoms with Crippen LogP contribution in [0.4, 0.5) is 10.5 Å². The van der Waals surface area contributed by atoms with Crippen molar-refractivity contribution in [2.24, 2.45) is 0 Å². The van der Waals surface area contributed by atoms with E-state index >= 15 is 0 Å². The van der Waals surface area contributed by atoms with E-state index in [2.05, 4.69) is 11.9 Å². The molecule has 1 saturated heterocycles. The second kappa shape index (κ2) is 9.46. The molecule has 0 unspecified atom stereocenters. The molecule has 124 valence electrons. The van der Waals surface area contributed by atoms with Crippen molar-refractivity contribution in [1.29, 1.82) is 0 Å². The summed E-state index contributed by atoms with van der Waals surface area (Å²) in [5.41, 5.74) is 2.14. The van der Waals surface area contributed by atoms with Gasteiger partial charge in [-0.05, 0) is 39.0 Å². The normalized spacial score (nSPS) is 18.2. The summed E-state index contributed by atoms with van der Waals surface area (Å²) in [6, 6.07) is 8.30. The number of ether oxygens (including phenoxy) is 1. The van der Waals surface area contributed by atoms with Crippen LogP contribution in [0, 0.1) is 0 Å². The van der Waals surface area contributed by atoms with Gasteiger partial charge in [-0.2, -0.15) is 0 Å². The lowest BCUT2D eigenvalue weighted by molar-refractivity contribution is 0.134. The largest absolute Gasteiger partial charge is 0.444 e. The number of carbonyl (C=O) groups excluding carboxylic acids is 1. The molecule has 0 aromatic heterocycles. The molecule has 3 rings (SSSR count). The van der Waals surface area contributed by atoms with Crippen molar-refractivity contribution in [3.05, 3.63) is 29.8 Å². The van der Waals surface area contributed by atoms with Crippen LogP contribution < -0.4 is 4.90 Å². The Labute approximate surface area is 135 Å². The summed E-state index contributed by atoms with van der Waals surface area (Å²) in [4.78, 5) is 16.2. The first-order valence-electron chi connectivity index (χ1n) is 8.48. The van der Waals surface area contributed by atoms with Gasteiger partial charge in [0.25, 0.3) is 0 Å². The predicted molar refractivity (Wildman–Crippen MR) is 92.3 cm³/mol. The number of hydrogen-bond acceptors (Lipinski definition) is 3. The lowest BCUT2D eigenvalue weighted by atomic mass is 10.0. The highest BCUT2D eigenvalue weighted by Gasteiger charge is 2.33. The van der Waals surface area contributed by atoms with Crippen LogP contribution in [0.5, 0.6) is 0 Å². The number of likely N-dealkylation sites (tertiary alicyclic amines) is 1. The third-order valence-corrected chi connectivity index (χ3v) is 3.85. The summed E-state index contributed by atoms with van der Waals surface area (Å²) in [7, 11) is 2.12. The number of carbonyl (C=O) groups is 1. The molecule has 0 atom stereocenters. The van der Waals surface area contributed by atoms with Crippen LogP contribution in [0.3, 0.4) is 0 Å². The van der Waals surface area contributed by atoms with Crippen LogP contribution >= 0.6 is 0 Å². The lowest BCUT2D eigenvalue weighted by Gasteiger charge is -2.39. The van der Waals surface area contributed by atoms with Gasteiger partial charge in [-0.3, -0.25) is 4.90 Å². The van der Waals surface area contributed by atoms with E-state index in [9.17, 15) is 4.79 Å². The minimum Gasteiger partial charge on any atom is -0.444 e. The zero-order valence-corrected chi connectivity index (χ0v) is 14.6. The topological polar surface area (TPSA) is 32.8 Å². The average Bonchev–Trinajstić information content (AvgIpc) is 2.60. The van der Waals surface area contributed by atoms with Gasteiger partial charge in [-0.15, -0.1) is 0 Å². The highest BCUT2D eigenvalue weighted by Crippen LogP contribution is 2.31. The van der Waals surface area contributed by atoms with Gasteiger partial charge in [0.05, 0.1) is 5.69 Å². The second-order valence-electron chi connectivity index (χ2n) is 5.09. The molecule has 1 aromatic rings. The molecule has 0 aliphatic carbocycles. The fourth-order valence-electron chi connectivity index (χ4n) is 2.77. The van der Waals surface area contributed by atoms with Crippen molar-refractivity contribution in [1.82, 2.24) is 4.90 Å². The first-order chi connectivity index (χ1) is 10.8. The summed E-state index contributed by atoms with van der Waals surface area (Å²) >= 11 is 0. The number of nitrogens with zero attached hydrogens (tertiary/aromatic N) is 2. The summed E-state index contributed by atoms with van der Waals surface area (Å²) in [6.45, 7) is 10.5. The first-order valence-corrected chi connectivity index (χ1v) is 8.48. The fraction of sp³-hybridized carbons (Fsp3) is 0.611. The van der Waals surface area contributed by atoms with Gasteiger partial charge in [0.1, 0.15) is 6.61 Å². The van der Waals surface area contributed by atoms with Crippen molar-refractivity contribution in [2.45, 2.75) is 53.2 Å². The van der Waals surface area contributed by atoms with E-state index < -0.39 is 0 Å². The van der Waals surface area contributed by atoms with Crippen LogP contribution in [0.2, 0.25) is 0 Å². The van der Waals surface area contributed by atoms with Gasteiger partial charge in [-0.1, -0.05) is 45.9 Å². The number of piperidine rings is 1. The molecular weight excluding hydrogens is 276 g/mol. The molecule has 1 amide bonds. The summed E-state index contributed by atoms with van der Waals surface area (Å²) in [6.07, 6.45) is 1.84. The van der Waals surface area contributed by atoms with E-state index in [1.165, 1.54) is 0 Å². The van der Waals surface area contributed by atoms with Crippen molar-refractivity contribution >= 4 is 11.8 Å². The van der Waals surface area contributed by atoms with Gasteiger partial charge in [0.2, 0.25) is 0 Å². The molecule has 4 heteroatoms. The number of amides is 1. The maximum absolute atomic E-state index is 12.0. The minimum absolute atomic E-state index is 0.191. The quantitative estimate of drug-likeness (QED) is 0.776. The van der Waals surface area contributed by atoms with Crippen molar-refractivity contribution in [2.75, 3.05) is 25.0 Å². The Morgan fingerprint density at radius 3 is 2.27 bits per heavy atom. The monoisotopic (exact) mass is 306 g/mol. The highest BCUT2D eigenvalue weighted by atomic mass is 16.6. The Morgan fingerprint density at radius 2 is 1.64 bits per heavy atom. The Morgan fingerprint density at radius 1 is 1.05 bits per heavy atom. The van der Waals surface area contributed by atoms with Crippen molar-refractivity contribution < 1.29 is 9.53 Å². The Balaban J connectivity index is 0.000000561. The maximum Gasteiger partial charge on any atom is 0.414 e. The van der Waals surface area contributed by atoms with E-state index in [1.807, 2.05) is 56.9 Å². The molecule has 2 aliphatic rings. The molecule has 0 N–H and O–H groups in total. The Hall–Kier alpha value is -1.55. The highest BCUT2D eigenvalue weighted by molar-refractivity contribution is 5.91. The molecule has 22 heavy (non-hydrogen) atoms. The molecule has 1 aromatic carbocycles. The van der Waals surface area contributed by atoms with Gasteiger partial charge in [0.15, 0.2) is 0 Å². The summed E-state index contributed by atoms with van der Waals surface area (Å²) < 4.78 is 5.27. The number of rotatable bonds is 1. The van der Waals surface area contributed by atoms with Crippen LogP contribution in [-0.2, 0) is 11.3 Å². The number of hydrogen-bond donors (Lipinski definition) is 0. The third kappa shape index (κ3) is 4.23. The molecule has 1 fully saturated rings. The van der Waals surface area contributed by atoms with Gasteiger partial charge in [-0.25, -0.2) is 4.79 Å². The number of para-hydroxylation sites is 1. The first kappa shape index (κ1) is 18.5. The average molecular weight is 306 g/mol. The molecule has 0 spiro atoms. The zero-order chi connectivity index (χ0) is 16.5. The van der Waals surface area contributed by atoms with Crippen molar-refractivity contribution in [3.63, 3.8) is 0 Å². The zero-order valence-electron chi connectivity index (χ0n) is 14.6. The number of anilines is 1. The number of benzene rings is 1. The smallest absolute Gasteiger partial charge is 0.414 e. The van der Waals surface area contributed by atoms with E-state index in [0.29, 0.717) is 6.61 Å². The molecule has 4 nitrogen and oxygen atoms in total. The summed E-state index contributed by atoms with van der Waals surface area (Å²) in [5, 5.41) is 0. The molecule has 2 aliphatic heterocycles. The number of cyclic esters (lactones) is 1. The SMILES string of the molecule is CC.CC.CN1CCC(N2C(=O)OCc3ccccc32)CC1. The third-order valence-electron chi connectivity index (χ3n) is 3.85. The lowest BCUT2D eigenvalue weighted by Crippen LogP contribution is -2.48. The van der Waals surface area contributed by atoms with E-state index in [4.69, 9.17) is 4.74 Å². The minimum atomic E-state index is -0.191. The Kier molecular flexibility index (Phi) is 7.96. The molecular formula is C18H30N2O2. The van der Waals surface area contributed by atoms with Crippen molar-refractivity contribution in [3.8, 4) is 0 Å². The van der Waals surface area contributed by atoms with E-state index in [-0.39, 0.29) is 12.1 Å². The van der Waals surface area contributed by atoms with Gasteiger partial charge in [0, 0.05) is 11.6 Å². The maximum atomic E-state index is 12.0. The van der Waals surface area contributed by atoms with Crippen LogP contribution in [-0.4, -0.2) is 37.2 Å².